The summed E-state index contributed by atoms with van der Waals surface area (Å²) in [7, 11) is 0. The lowest BCUT2D eigenvalue weighted by atomic mass is 10.3. The van der Waals surface area contributed by atoms with E-state index in [1.807, 2.05) is 37.5 Å². The zero-order valence-corrected chi connectivity index (χ0v) is 16.5. The van der Waals surface area contributed by atoms with E-state index in [9.17, 15) is 0 Å². The van der Waals surface area contributed by atoms with Crippen LogP contribution in [0.15, 0.2) is 30.6 Å². The lowest BCUT2D eigenvalue weighted by molar-refractivity contribution is 0.754. The van der Waals surface area contributed by atoms with Gasteiger partial charge in [-0.2, -0.15) is 15.1 Å². The van der Waals surface area contributed by atoms with Crippen LogP contribution in [0.5, 0.6) is 0 Å². The third-order valence-electron chi connectivity index (χ3n) is 4.17. The van der Waals surface area contributed by atoms with E-state index in [-0.39, 0.29) is 0 Å². The molecule has 1 aromatic carbocycles. The molecule has 0 saturated carbocycles. The number of nitrogens with one attached hydrogen (secondary N) is 1. The van der Waals surface area contributed by atoms with Gasteiger partial charge in [0.1, 0.15) is 0 Å². The molecule has 4 aromatic rings. The molecule has 3 aromatic heterocycles. The molecular formula is C18H17Cl2N7. The average Bonchev–Trinajstić information content (AvgIpc) is 3.20. The molecule has 0 bridgehead atoms. The summed E-state index contributed by atoms with van der Waals surface area (Å²) in [4.78, 5) is 13.8. The molecule has 0 aliphatic heterocycles. The topological polar surface area (TPSA) is 73.5 Å². The molecular weight excluding hydrogens is 385 g/mol. The summed E-state index contributed by atoms with van der Waals surface area (Å²) in [5.41, 5.74) is 4.02. The molecule has 27 heavy (non-hydrogen) atoms. The number of rotatable bonds is 4. The van der Waals surface area contributed by atoms with Crippen LogP contribution in [0.4, 0.5) is 11.5 Å². The highest BCUT2D eigenvalue weighted by molar-refractivity contribution is 6.42. The van der Waals surface area contributed by atoms with Gasteiger partial charge in [-0.1, -0.05) is 23.2 Å². The highest BCUT2D eigenvalue weighted by Gasteiger charge is 2.16. The molecule has 7 nitrogen and oxygen atoms in total. The van der Waals surface area contributed by atoms with Crippen LogP contribution < -0.4 is 5.32 Å². The van der Waals surface area contributed by atoms with Crippen LogP contribution in [0.3, 0.4) is 0 Å². The Morgan fingerprint density at radius 2 is 1.89 bits per heavy atom. The first-order chi connectivity index (χ1) is 13.0. The molecule has 138 valence electrons. The summed E-state index contributed by atoms with van der Waals surface area (Å²) in [6, 6.07) is 7.30. The van der Waals surface area contributed by atoms with Crippen molar-refractivity contribution in [2.24, 2.45) is 0 Å². The fourth-order valence-corrected chi connectivity index (χ4v) is 3.19. The van der Waals surface area contributed by atoms with E-state index >= 15 is 0 Å². The summed E-state index contributed by atoms with van der Waals surface area (Å²) in [6.07, 6.45) is 1.75. The van der Waals surface area contributed by atoms with Crippen LogP contribution in [-0.2, 0) is 6.54 Å². The maximum Gasteiger partial charge on any atom is 0.254 e. The number of aryl methyl sites for hydroxylation is 3. The van der Waals surface area contributed by atoms with E-state index in [2.05, 4.69) is 25.4 Å². The van der Waals surface area contributed by atoms with Crippen molar-refractivity contribution in [3.05, 3.63) is 52.0 Å². The summed E-state index contributed by atoms with van der Waals surface area (Å²) in [5.74, 6) is 1.05. The fourth-order valence-electron chi connectivity index (χ4n) is 2.89. The van der Waals surface area contributed by atoms with Crippen molar-refractivity contribution in [2.45, 2.75) is 27.3 Å². The summed E-state index contributed by atoms with van der Waals surface area (Å²) >= 11 is 12.2. The quantitative estimate of drug-likeness (QED) is 0.536. The molecule has 0 fully saturated rings. The summed E-state index contributed by atoms with van der Waals surface area (Å²) in [5, 5.41) is 8.73. The highest BCUT2D eigenvalue weighted by atomic mass is 35.5. The van der Waals surface area contributed by atoms with Crippen LogP contribution in [0, 0.1) is 13.8 Å². The lowest BCUT2D eigenvalue weighted by Gasteiger charge is -2.10. The zero-order chi connectivity index (χ0) is 19.1. The first-order valence-electron chi connectivity index (χ1n) is 8.45. The van der Waals surface area contributed by atoms with Crippen molar-refractivity contribution in [2.75, 3.05) is 5.32 Å². The Morgan fingerprint density at radius 1 is 1.07 bits per heavy atom. The minimum absolute atomic E-state index is 0.463. The normalized spacial score (nSPS) is 11.3. The van der Waals surface area contributed by atoms with Gasteiger partial charge in [-0.15, -0.1) is 0 Å². The minimum atomic E-state index is 0.463. The van der Waals surface area contributed by atoms with Gasteiger partial charge < -0.3 is 9.88 Å². The van der Waals surface area contributed by atoms with Crippen molar-refractivity contribution >= 4 is 45.9 Å². The predicted octanol–water partition coefficient (Wildman–Crippen LogP) is 4.70. The Bertz CT molecular complexity index is 1150. The van der Waals surface area contributed by atoms with Crippen molar-refractivity contribution in [1.82, 2.24) is 29.3 Å². The fraction of sp³-hybridized carbons (Fsp3) is 0.222. The molecule has 0 amide bonds. The molecule has 0 atom stereocenters. The van der Waals surface area contributed by atoms with Gasteiger partial charge in [0.05, 0.1) is 22.1 Å². The third-order valence-corrected chi connectivity index (χ3v) is 4.91. The van der Waals surface area contributed by atoms with Crippen LogP contribution in [0.1, 0.15) is 18.3 Å². The van der Waals surface area contributed by atoms with Gasteiger partial charge in [-0.25, -0.2) is 9.67 Å². The molecule has 1 N–H and O–H groups in total. The number of hydrogen-bond donors (Lipinski definition) is 1. The van der Waals surface area contributed by atoms with Crippen molar-refractivity contribution in [1.29, 1.82) is 0 Å². The summed E-state index contributed by atoms with van der Waals surface area (Å²) < 4.78 is 3.69. The number of hydrogen-bond acceptors (Lipinski definition) is 5. The second kappa shape index (κ2) is 6.83. The van der Waals surface area contributed by atoms with Gasteiger partial charge in [0.15, 0.2) is 17.0 Å². The van der Waals surface area contributed by atoms with E-state index in [0.29, 0.717) is 27.3 Å². The molecule has 0 aliphatic rings. The van der Waals surface area contributed by atoms with Gasteiger partial charge in [0, 0.05) is 17.9 Å². The molecule has 4 rings (SSSR count). The predicted molar refractivity (Wildman–Crippen MR) is 107 cm³/mol. The van der Waals surface area contributed by atoms with E-state index < -0.39 is 0 Å². The molecule has 0 radical (unpaired) electrons. The molecule has 9 heteroatoms. The van der Waals surface area contributed by atoms with E-state index in [1.54, 1.807) is 23.1 Å². The van der Waals surface area contributed by atoms with Crippen molar-refractivity contribution in [3.63, 3.8) is 0 Å². The number of halogens is 2. The van der Waals surface area contributed by atoms with Crippen LogP contribution in [0.2, 0.25) is 10.0 Å². The minimum Gasteiger partial charge on any atom is -0.338 e. The monoisotopic (exact) mass is 401 g/mol. The van der Waals surface area contributed by atoms with Gasteiger partial charge in [0.2, 0.25) is 0 Å². The Labute approximate surface area is 166 Å². The number of anilines is 2. The molecule has 3 heterocycles. The number of benzene rings is 1. The standard InChI is InChI=1S/C18H17Cl2N7/c1-4-26-9-21-15-16(22-12-5-6-13(19)14(20)8-12)23-18(24-17(15)26)27-11(3)7-10(2)25-27/h5-9H,4H2,1-3H3,(H,22,23,24). The number of fused-ring (bicyclic) bond motifs is 1. The SMILES string of the molecule is CCn1cnc2c(Nc3ccc(Cl)c(Cl)c3)nc(-n3nc(C)cc3C)nc21. The van der Waals surface area contributed by atoms with Crippen LogP contribution in [-0.4, -0.2) is 29.3 Å². The maximum atomic E-state index is 6.14. The molecule has 0 spiro atoms. The van der Waals surface area contributed by atoms with Crippen molar-refractivity contribution in [3.8, 4) is 5.95 Å². The largest absolute Gasteiger partial charge is 0.338 e. The maximum absolute atomic E-state index is 6.14. The smallest absolute Gasteiger partial charge is 0.254 e. The van der Waals surface area contributed by atoms with Gasteiger partial charge >= 0.3 is 0 Å². The summed E-state index contributed by atoms with van der Waals surface area (Å²) in [6.45, 7) is 6.69. The Morgan fingerprint density at radius 3 is 2.56 bits per heavy atom. The van der Waals surface area contributed by atoms with E-state index in [4.69, 9.17) is 23.2 Å². The average molecular weight is 402 g/mol. The van der Waals surface area contributed by atoms with E-state index in [1.165, 1.54) is 0 Å². The van der Waals surface area contributed by atoms with Gasteiger partial charge in [0.25, 0.3) is 5.95 Å². The molecule has 0 unspecified atom stereocenters. The Balaban J connectivity index is 1.88. The Hall–Kier alpha value is -2.64. The second-order valence-corrected chi connectivity index (χ2v) is 6.98. The van der Waals surface area contributed by atoms with E-state index in [0.717, 1.165) is 29.3 Å². The lowest BCUT2D eigenvalue weighted by Crippen LogP contribution is -2.09. The highest BCUT2D eigenvalue weighted by Crippen LogP contribution is 2.29. The van der Waals surface area contributed by atoms with Gasteiger partial charge in [-0.05, 0) is 45.0 Å². The van der Waals surface area contributed by atoms with Crippen LogP contribution >= 0.6 is 23.2 Å². The van der Waals surface area contributed by atoms with Crippen LogP contribution in [0.25, 0.3) is 17.1 Å². The second-order valence-electron chi connectivity index (χ2n) is 6.17. The number of nitrogens with zero attached hydrogens (tertiary/aromatic N) is 6. The number of imidazole rings is 1. The Kier molecular flexibility index (Phi) is 4.49. The first-order valence-corrected chi connectivity index (χ1v) is 9.20. The van der Waals surface area contributed by atoms with Gasteiger partial charge in [-0.3, -0.25) is 0 Å². The zero-order valence-electron chi connectivity index (χ0n) is 15.0. The molecule has 0 saturated heterocycles. The first kappa shape index (κ1) is 17.8. The number of aromatic nitrogens is 6. The third kappa shape index (κ3) is 3.24. The molecule has 0 aliphatic carbocycles. The van der Waals surface area contributed by atoms with Crippen molar-refractivity contribution < 1.29 is 0 Å².